The predicted octanol–water partition coefficient (Wildman–Crippen LogP) is 2.96. The Morgan fingerprint density at radius 2 is 1.71 bits per heavy atom. The first-order valence-electron chi connectivity index (χ1n) is 6.65. The van der Waals surface area contributed by atoms with Gasteiger partial charge in [0, 0.05) is 12.2 Å². The van der Waals surface area contributed by atoms with Gasteiger partial charge in [-0.25, -0.2) is 8.78 Å². The van der Waals surface area contributed by atoms with Crippen molar-refractivity contribution in [1.29, 1.82) is 0 Å². The molecule has 0 saturated carbocycles. The third-order valence-electron chi connectivity index (χ3n) is 3.07. The Morgan fingerprint density at radius 3 is 2.33 bits per heavy atom. The van der Waals surface area contributed by atoms with Gasteiger partial charge in [-0.15, -0.1) is 0 Å². The summed E-state index contributed by atoms with van der Waals surface area (Å²) in [6.07, 6.45) is 0.567. The largest absolute Gasteiger partial charge is 0.330 e. The lowest BCUT2D eigenvalue weighted by Gasteiger charge is -2.23. The lowest BCUT2D eigenvalue weighted by molar-refractivity contribution is 0.0983. The van der Waals surface area contributed by atoms with Gasteiger partial charge in [-0.2, -0.15) is 0 Å². The van der Waals surface area contributed by atoms with Crippen LogP contribution >= 0.6 is 0 Å². The first-order chi connectivity index (χ1) is 10.1. The molecule has 0 bridgehead atoms. The van der Waals surface area contributed by atoms with Crippen LogP contribution in [0, 0.1) is 11.6 Å². The molecule has 0 saturated heterocycles. The third kappa shape index (κ3) is 3.64. The van der Waals surface area contributed by atoms with Gasteiger partial charge >= 0.3 is 0 Å². The molecular formula is C16H16F2N2O. The zero-order valence-corrected chi connectivity index (χ0v) is 11.4. The van der Waals surface area contributed by atoms with E-state index in [1.54, 1.807) is 6.07 Å². The summed E-state index contributed by atoms with van der Waals surface area (Å²) < 4.78 is 26.8. The average molecular weight is 290 g/mol. The highest BCUT2D eigenvalue weighted by atomic mass is 19.1. The van der Waals surface area contributed by atoms with E-state index in [2.05, 4.69) is 0 Å². The number of carbonyl (C=O) groups excluding carboxylic acids is 1. The number of hydrogen-bond donors (Lipinski definition) is 1. The standard InChI is InChI=1S/C16H16F2N2O/c17-12-6-8-13(9-7-12)20(11-3-10-19)16(21)14-4-1-2-5-15(14)18/h1-2,4-9H,3,10-11,19H2. The van der Waals surface area contributed by atoms with Crippen LogP contribution in [0.15, 0.2) is 48.5 Å². The van der Waals surface area contributed by atoms with Gasteiger partial charge in [0.1, 0.15) is 11.6 Å². The lowest BCUT2D eigenvalue weighted by Crippen LogP contribution is -2.33. The van der Waals surface area contributed by atoms with Gasteiger partial charge in [0.05, 0.1) is 5.56 Å². The molecule has 2 aromatic carbocycles. The Kier molecular flexibility index (Phi) is 5.00. The van der Waals surface area contributed by atoms with E-state index in [0.717, 1.165) is 0 Å². The van der Waals surface area contributed by atoms with Crippen molar-refractivity contribution in [2.24, 2.45) is 5.73 Å². The van der Waals surface area contributed by atoms with Crippen molar-refractivity contribution in [2.75, 3.05) is 18.0 Å². The Hall–Kier alpha value is -2.27. The van der Waals surface area contributed by atoms with Crippen molar-refractivity contribution < 1.29 is 13.6 Å². The van der Waals surface area contributed by atoms with Gasteiger partial charge in [0.15, 0.2) is 0 Å². The van der Waals surface area contributed by atoms with Crippen molar-refractivity contribution in [3.05, 3.63) is 65.7 Å². The topological polar surface area (TPSA) is 46.3 Å². The summed E-state index contributed by atoms with van der Waals surface area (Å²) in [5, 5.41) is 0. The molecule has 0 unspecified atom stereocenters. The minimum Gasteiger partial charge on any atom is -0.330 e. The highest BCUT2D eigenvalue weighted by molar-refractivity contribution is 6.06. The second-order valence-corrected chi connectivity index (χ2v) is 4.56. The normalized spacial score (nSPS) is 10.4. The zero-order valence-electron chi connectivity index (χ0n) is 11.4. The Bertz CT molecular complexity index is 614. The maximum absolute atomic E-state index is 13.8. The molecule has 21 heavy (non-hydrogen) atoms. The quantitative estimate of drug-likeness (QED) is 0.920. The zero-order chi connectivity index (χ0) is 15.2. The fourth-order valence-corrected chi connectivity index (χ4v) is 2.00. The number of nitrogens with zero attached hydrogens (tertiary/aromatic N) is 1. The van der Waals surface area contributed by atoms with Crippen molar-refractivity contribution >= 4 is 11.6 Å². The summed E-state index contributed by atoms with van der Waals surface area (Å²) in [6.45, 7) is 0.748. The van der Waals surface area contributed by atoms with Gasteiger partial charge in [0.25, 0.3) is 5.91 Å². The Labute approximate surface area is 122 Å². The number of carbonyl (C=O) groups is 1. The molecule has 110 valence electrons. The SMILES string of the molecule is NCCCN(C(=O)c1ccccc1F)c1ccc(F)cc1. The molecular weight excluding hydrogens is 274 g/mol. The van der Waals surface area contributed by atoms with E-state index in [4.69, 9.17) is 5.73 Å². The lowest BCUT2D eigenvalue weighted by atomic mass is 10.1. The predicted molar refractivity (Wildman–Crippen MR) is 78.1 cm³/mol. The number of hydrogen-bond acceptors (Lipinski definition) is 2. The second kappa shape index (κ2) is 6.95. The van der Waals surface area contributed by atoms with Crippen molar-refractivity contribution in [3.63, 3.8) is 0 Å². The summed E-state index contributed by atoms with van der Waals surface area (Å²) in [6, 6.07) is 11.3. The molecule has 0 spiro atoms. The van der Waals surface area contributed by atoms with Gasteiger partial charge in [0.2, 0.25) is 0 Å². The van der Waals surface area contributed by atoms with Crippen LogP contribution in [0.1, 0.15) is 16.8 Å². The molecule has 0 aromatic heterocycles. The van der Waals surface area contributed by atoms with E-state index in [1.165, 1.54) is 47.4 Å². The fraction of sp³-hybridized carbons (Fsp3) is 0.188. The van der Waals surface area contributed by atoms with E-state index >= 15 is 0 Å². The molecule has 2 rings (SSSR count). The first-order valence-corrected chi connectivity index (χ1v) is 6.65. The van der Waals surface area contributed by atoms with E-state index in [9.17, 15) is 13.6 Å². The van der Waals surface area contributed by atoms with Crippen LogP contribution < -0.4 is 10.6 Å². The maximum atomic E-state index is 13.8. The molecule has 0 atom stereocenters. The van der Waals surface area contributed by atoms with Crippen molar-refractivity contribution in [2.45, 2.75) is 6.42 Å². The van der Waals surface area contributed by atoms with Crippen molar-refractivity contribution in [3.8, 4) is 0 Å². The van der Waals surface area contributed by atoms with Gasteiger partial charge in [-0.1, -0.05) is 12.1 Å². The molecule has 2 N–H and O–H groups in total. The summed E-state index contributed by atoms with van der Waals surface area (Å²) in [7, 11) is 0. The third-order valence-corrected chi connectivity index (χ3v) is 3.07. The van der Waals surface area contributed by atoms with Crippen LogP contribution in [0.4, 0.5) is 14.5 Å². The summed E-state index contributed by atoms with van der Waals surface area (Å²) in [5.74, 6) is -1.44. The smallest absolute Gasteiger partial charge is 0.261 e. The maximum Gasteiger partial charge on any atom is 0.261 e. The Balaban J connectivity index is 2.33. The molecule has 3 nitrogen and oxygen atoms in total. The summed E-state index contributed by atoms with van der Waals surface area (Å²) >= 11 is 0. The number of benzene rings is 2. The molecule has 0 fully saturated rings. The number of rotatable bonds is 5. The molecule has 5 heteroatoms. The van der Waals surface area contributed by atoms with Crippen LogP contribution in [-0.2, 0) is 0 Å². The molecule has 0 aliphatic carbocycles. The minimum atomic E-state index is -0.581. The average Bonchev–Trinajstić information content (AvgIpc) is 2.49. The van der Waals surface area contributed by atoms with E-state index < -0.39 is 17.5 Å². The van der Waals surface area contributed by atoms with Gasteiger partial charge in [-0.3, -0.25) is 4.79 Å². The van der Waals surface area contributed by atoms with Crippen LogP contribution in [0.2, 0.25) is 0 Å². The van der Waals surface area contributed by atoms with Crippen LogP contribution in [0.3, 0.4) is 0 Å². The molecule has 2 aromatic rings. The molecule has 0 aliphatic rings. The highest BCUT2D eigenvalue weighted by Gasteiger charge is 2.20. The van der Waals surface area contributed by atoms with E-state index in [0.29, 0.717) is 25.2 Å². The first kappa shape index (κ1) is 15.1. The van der Waals surface area contributed by atoms with Crippen molar-refractivity contribution in [1.82, 2.24) is 0 Å². The highest BCUT2D eigenvalue weighted by Crippen LogP contribution is 2.19. The van der Waals surface area contributed by atoms with E-state index in [1.807, 2.05) is 0 Å². The Morgan fingerprint density at radius 1 is 1.05 bits per heavy atom. The molecule has 0 heterocycles. The number of halogens is 2. The van der Waals surface area contributed by atoms with Crippen LogP contribution in [-0.4, -0.2) is 19.0 Å². The van der Waals surface area contributed by atoms with Gasteiger partial charge in [-0.05, 0) is 49.4 Å². The number of anilines is 1. The number of amides is 1. The van der Waals surface area contributed by atoms with Crippen LogP contribution in [0.5, 0.6) is 0 Å². The van der Waals surface area contributed by atoms with Crippen LogP contribution in [0.25, 0.3) is 0 Å². The van der Waals surface area contributed by atoms with Gasteiger partial charge < -0.3 is 10.6 Å². The van der Waals surface area contributed by atoms with E-state index in [-0.39, 0.29) is 5.56 Å². The molecule has 1 amide bonds. The monoisotopic (exact) mass is 290 g/mol. The number of nitrogens with two attached hydrogens (primary N) is 1. The molecule has 0 aliphatic heterocycles. The summed E-state index contributed by atoms with van der Waals surface area (Å²) in [4.78, 5) is 13.9. The fourth-order valence-electron chi connectivity index (χ4n) is 2.00. The second-order valence-electron chi connectivity index (χ2n) is 4.56. The molecule has 0 radical (unpaired) electrons. The summed E-state index contributed by atoms with van der Waals surface area (Å²) in [5.41, 5.74) is 5.97. The minimum absolute atomic E-state index is 0.0150.